The van der Waals surface area contributed by atoms with E-state index in [1.807, 2.05) is 0 Å². The summed E-state index contributed by atoms with van der Waals surface area (Å²) in [5.74, 6) is -1.78. The van der Waals surface area contributed by atoms with E-state index in [1.54, 1.807) is 11.6 Å². The Kier molecular flexibility index (Phi) is 5.38. The van der Waals surface area contributed by atoms with Crippen molar-refractivity contribution in [2.75, 3.05) is 18.4 Å². The molecule has 0 radical (unpaired) electrons. The lowest BCUT2D eigenvalue weighted by Crippen LogP contribution is -2.43. The van der Waals surface area contributed by atoms with E-state index < -0.39 is 26.7 Å². The first-order valence-electron chi connectivity index (χ1n) is 7.54. The molecule has 0 aliphatic carbocycles. The van der Waals surface area contributed by atoms with Crippen molar-refractivity contribution in [3.05, 3.63) is 40.6 Å². The Morgan fingerprint density at radius 1 is 1.44 bits per heavy atom. The van der Waals surface area contributed by atoms with Crippen LogP contribution in [0, 0.1) is 11.7 Å². The Labute approximate surface area is 153 Å². The molecule has 6 nitrogen and oxygen atoms in total. The second kappa shape index (κ2) is 7.36. The van der Waals surface area contributed by atoms with Crippen molar-refractivity contribution < 1.29 is 17.6 Å². The SMILES string of the molecule is O=C(Nc1nccs1)C1CCCN(S(=O)(=O)c2cccc(Cl)c2F)C1. The van der Waals surface area contributed by atoms with Crippen molar-refractivity contribution in [2.24, 2.45) is 5.92 Å². The normalized spacial score (nSPS) is 18.9. The molecule has 1 amide bonds. The third kappa shape index (κ3) is 3.84. The van der Waals surface area contributed by atoms with Crippen molar-refractivity contribution >= 4 is 44.0 Å². The Bertz CT molecular complexity index is 874. The maximum absolute atomic E-state index is 14.1. The van der Waals surface area contributed by atoms with E-state index >= 15 is 0 Å². The number of hydrogen-bond acceptors (Lipinski definition) is 5. The van der Waals surface area contributed by atoms with Crippen molar-refractivity contribution in [3.8, 4) is 0 Å². The minimum absolute atomic E-state index is 0.00844. The fraction of sp³-hybridized carbons (Fsp3) is 0.333. The Hall–Kier alpha value is -1.55. The maximum Gasteiger partial charge on any atom is 0.246 e. The molecule has 25 heavy (non-hydrogen) atoms. The second-order valence-electron chi connectivity index (χ2n) is 5.58. The molecule has 2 heterocycles. The van der Waals surface area contributed by atoms with Gasteiger partial charge in [-0.1, -0.05) is 17.7 Å². The number of amides is 1. The quantitative estimate of drug-likeness (QED) is 0.851. The molecule has 1 aromatic heterocycles. The fourth-order valence-electron chi connectivity index (χ4n) is 2.69. The van der Waals surface area contributed by atoms with Gasteiger partial charge in [0.25, 0.3) is 0 Å². The van der Waals surface area contributed by atoms with Crippen LogP contribution in [0.1, 0.15) is 12.8 Å². The van der Waals surface area contributed by atoms with Crippen molar-refractivity contribution in [3.63, 3.8) is 0 Å². The lowest BCUT2D eigenvalue weighted by atomic mass is 9.99. The molecule has 1 aliphatic heterocycles. The van der Waals surface area contributed by atoms with Crippen LogP contribution in [0.2, 0.25) is 5.02 Å². The number of carbonyl (C=O) groups is 1. The van der Waals surface area contributed by atoms with Gasteiger partial charge in [0.1, 0.15) is 4.90 Å². The molecule has 1 aliphatic rings. The summed E-state index contributed by atoms with van der Waals surface area (Å²) in [6.45, 7) is 0.223. The number of sulfonamides is 1. The number of anilines is 1. The predicted molar refractivity (Wildman–Crippen MR) is 93.6 cm³/mol. The number of aromatic nitrogens is 1. The first-order valence-corrected chi connectivity index (χ1v) is 10.2. The number of nitrogens with one attached hydrogen (secondary N) is 1. The summed E-state index contributed by atoms with van der Waals surface area (Å²) in [6, 6.07) is 3.85. The number of benzene rings is 1. The monoisotopic (exact) mass is 403 g/mol. The molecule has 0 bridgehead atoms. The molecule has 1 saturated heterocycles. The zero-order valence-corrected chi connectivity index (χ0v) is 15.4. The first kappa shape index (κ1) is 18.2. The van der Waals surface area contributed by atoms with Crippen LogP contribution in [-0.2, 0) is 14.8 Å². The summed E-state index contributed by atoms with van der Waals surface area (Å²) >= 11 is 6.97. The first-order chi connectivity index (χ1) is 11.9. The van der Waals surface area contributed by atoms with Gasteiger partial charge in [-0.2, -0.15) is 4.31 Å². The molecule has 1 N–H and O–H groups in total. The molecule has 0 spiro atoms. The molecule has 1 unspecified atom stereocenters. The summed E-state index contributed by atoms with van der Waals surface area (Å²) in [6.07, 6.45) is 2.64. The number of nitrogens with zero attached hydrogens (tertiary/aromatic N) is 2. The molecule has 1 aromatic carbocycles. The van der Waals surface area contributed by atoms with Gasteiger partial charge < -0.3 is 5.32 Å². The second-order valence-corrected chi connectivity index (χ2v) is 8.79. The highest BCUT2D eigenvalue weighted by Crippen LogP contribution is 2.28. The average Bonchev–Trinajstić information content (AvgIpc) is 3.10. The van der Waals surface area contributed by atoms with Gasteiger partial charge in [0.2, 0.25) is 15.9 Å². The van der Waals surface area contributed by atoms with Crippen LogP contribution in [0.4, 0.5) is 9.52 Å². The number of halogens is 2. The predicted octanol–water partition coefficient (Wildman–Crippen LogP) is 2.98. The van der Waals surface area contributed by atoms with E-state index in [9.17, 15) is 17.6 Å². The Balaban J connectivity index is 1.78. The zero-order valence-electron chi connectivity index (χ0n) is 13.0. The van der Waals surface area contributed by atoms with Crippen LogP contribution in [0.3, 0.4) is 0 Å². The topological polar surface area (TPSA) is 79.4 Å². The molecule has 134 valence electrons. The van der Waals surface area contributed by atoms with Gasteiger partial charge >= 0.3 is 0 Å². The number of rotatable bonds is 4. The minimum Gasteiger partial charge on any atom is -0.302 e. The van der Waals surface area contributed by atoms with E-state index in [-0.39, 0.29) is 24.0 Å². The van der Waals surface area contributed by atoms with E-state index in [0.717, 1.165) is 4.31 Å². The summed E-state index contributed by atoms with van der Waals surface area (Å²) in [7, 11) is -4.06. The number of thiazole rings is 1. The van der Waals surface area contributed by atoms with E-state index in [2.05, 4.69) is 10.3 Å². The van der Waals surface area contributed by atoms with Gasteiger partial charge in [-0.3, -0.25) is 4.79 Å². The molecule has 3 rings (SSSR count). The number of piperidine rings is 1. The third-order valence-electron chi connectivity index (χ3n) is 3.95. The lowest BCUT2D eigenvalue weighted by Gasteiger charge is -2.31. The third-order valence-corrected chi connectivity index (χ3v) is 6.81. The van der Waals surface area contributed by atoms with Gasteiger partial charge in [0, 0.05) is 24.7 Å². The molecule has 1 fully saturated rings. The Morgan fingerprint density at radius 2 is 2.24 bits per heavy atom. The van der Waals surface area contributed by atoms with Crippen LogP contribution in [-0.4, -0.2) is 36.7 Å². The van der Waals surface area contributed by atoms with E-state index in [0.29, 0.717) is 18.0 Å². The van der Waals surface area contributed by atoms with Crippen molar-refractivity contribution in [1.82, 2.24) is 9.29 Å². The highest BCUT2D eigenvalue weighted by Gasteiger charge is 2.35. The summed E-state index contributed by atoms with van der Waals surface area (Å²) in [5.41, 5.74) is 0. The van der Waals surface area contributed by atoms with Crippen LogP contribution >= 0.6 is 22.9 Å². The lowest BCUT2D eigenvalue weighted by molar-refractivity contribution is -0.120. The fourth-order valence-corrected chi connectivity index (χ4v) is 5.06. The highest BCUT2D eigenvalue weighted by atomic mass is 35.5. The Morgan fingerprint density at radius 3 is 2.96 bits per heavy atom. The van der Waals surface area contributed by atoms with Gasteiger partial charge in [0.15, 0.2) is 10.9 Å². The molecule has 0 saturated carbocycles. The summed E-state index contributed by atoms with van der Waals surface area (Å²) in [5, 5.41) is 4.62. The largest absolute Gasteiger partial charge is 0.302 e. The van der Waals surface area contributed by atoms with Crippen LogP contribution in [0.15, 0.2) is 34.7 Å². The minimum atomic E-state index is -4.06. The highest BCUT2D eigenvalue weighted by molar-refractivity contribution is 7.89. The smallest absolute Gasteiger partial charge is 0.246 e. The summed E-state index contributed by atoms with van der Waals surface area (Å²) in [4.78, 5) is 15.8. The van der Waals surface area contributed by atoms with Gasteiger partial charge in [0.05, 0.1) is 10.9 Å². The van der Waals surface area contributed by atoms with Crippen molar-refractivity contribution in [1.29, 1.82) is 0 Å². The molecule has 2 aromatic rings. The van der Waals surface area contributed by atoms with Gasteiger partial charge in [-0.05, 0) is 25.0 Å². The van der Waals surface area contributed by atoms with Gasteiger partial charge in [-0.25, -0.2) is 17.8 Å². The van der Waals surface area contributed by atoms with Crippen LogP contribution < -0.4 is 5.32 Å². The van der Waals surface area contributed by atoms with E-state index in [4.69, 9.17) is 11.6 Å². The summed E-state index contributed by atoms with van der Waals surface area (Å²) < 4.78 is 40.7. The average molecular weight is 404 g/mol. The zero-order chi connectivity index (χ0) is 18.0. The maximum atomic E-state index is 14.1. The van der Waals surface area contributed by atoms with Crippen LogP contribution in [0.5, 0.6) is 0 Å². The number of hydrogen-bond donors (Lipinski definition) is 1. The molecular weight excluding hydrogens is 389 g/mol. The van der Waals surface area contributed by atoms with E-state index in [1.165, 1.54) is 29.5 Å². The van der Waals surface area contributed by atoms with Crippen molar-refractivity contribution in [2.45, 2.75) is 17.7 Å². The standard InChI is InChI=1S/C15H15ClFN3O3S2/c16-11-4-1-5-12(13(11)17)25(22,23)20-7-2-3-10(9-20)14(21)19-15-18-6-8-24-15/h1,4-6,8,10H,2-3,7,9H2,(H,18,19,21). The number of carbonyl (C=O) groups excluding carboxylic acids is 1. The molecular formula is C15H15ClFN3O3S2. The van der Waals surface area contributed by atoms with Crippen LogP contribution in [0.25, 0.3) is 0 Å². The molecule has 10 heteroatoms. The molecule has 1 atom stereocenters. The van der Waals surface area contributed by atoms with Gasteiger partial charge in [-0.15, -0.1) is 11.3 Å².